The molecule has 0 radical (unpaired) electrons. The molecule has 1 aliphatic rings. The molecule has 25 heavy (non-hydrogen) atoms. The minimum Gasteiger partial charge on any atom is -0.461 e. The standard InChI is InChI=1S/C20H37FO3Si/c1-7-8-9-10-11-12-13-16-14-17(21)19(25(4,5)6)18(24-16)20(22)23-15(2)3/h15-16,18H,7-14H2,1-6H3/t16-,18+/m1/s1. The molecule has 0 aromatic heterocycles. The number of hydrogen-bond acceptors (Lipinski definition) is 3. The second-order valence-corrected chi connectivity index (χ2v) is 13.5. The predicted molar refractivity (Wildman–Crippen MR) is 104 cm³/mol. The Morgan fingerprint density at radius 1 is 1.20 bits per heavy atom. The van der Waals surface area contributed by atoms with Crippen molar-refractivity contribution in [2.45, 2.75) is 110 Å². The van der Waals surface area contributed by atoms with Crippen molar-refractivity contribution in [3.63, 3.8) is 0 Å². The lowest BCUT2D eigenvalue weighted by atomic mass is 10.0. The molecule has 2 atom stereocenters. The number of hydrogen-bond donors (Lipinski definition) is 0. The van der Waals surface area contributed by atoms with Crippen molar-refractivity contribution in [3.05, 3.63) is 11.0 Å². The number of ether oxygens (including phenoxy) is 2. The molecule has 0 saturated carbocycles. The fraction of sp³-hybridized carbons (Fsp3) is 0.850. The van der Waals surface area contributed by atoms with Gasteiger partial charge in [-0.1, -0.05) is 65.1 Å². The van der Waals surface area contributed by atoms with E-state index in [4.69, 9.17) is 9.47 Å². The van der Waals surface area contributed by atoms with Crippen LogP contribution in [0.5, 0.6) is 0 Å². The van der Waals surface area contributed by atoms with Gasteiger partial charge in [0.15, 0.2) is 6.10 Å². The van der Waals surface area contributed by atoms with Crippen LogP contribution < -0.4 is 0 Å². The van der Waals surface area contributed by atoms with E-state index in [9.17, 15) is 9.18 Å². The van der Waals surface area contributed by atoms with Gasteiger partial charge in [-0.3, -0.25) is 0 Å². The normalized spacial score (nSPS) is 21.8. The van der Waals surface area contributed by atoms with Crippen LogP contribution in [0.2, 0.25) is 19.6 Å². The van der Waals surface area contributed by atoms with Crippen LogP contribution >= 0.6 is 0 Å². The second-order valence-electron chi connectivity index (χ2n) is 8.45. The number of unbranched alkanes of at least 4 members (excludes halogenated alkanes) is 5. The Bertz CT molecular complexity index is 454. The Balaban J connectivity index is 2.72. The van der Waals surface area contributed by atoms with Crippen LogP contribution in [0.15, 0.2) is 11.0 Å². The van der Waals surface area contributed by atoms with Crippen molar-refractivity contribution in [2.24, 2.45) is 0 Å². The zero-order chi connectivity index (χ0) is 19.0. The minimum absolute atomic E-state index is 0.132. The zero-order valence-electron chi connectivity index (χ0n) is 17.0. The summed E-state index contributed by atoms with van der Waals surface area (Å²) in [7, 11) is -2.00. The van der Waals surface area contributed by atoms with Gasteiger partial charge in [0.1, 0.15) is 5.83 Å². The van der Waals surface area contributed by atoms with Crippen LogP contribution in [-0.4, -0.2) is 32.4 Å². The first-order chi connectivity index (χ1) is 11.7. The zero-order valence-corrected chi connectivity index (χ0v) is 18.0. The molecule has 1 rings (SSSR count). The predicted octanol–water partition coefficient (Wildman–Crippen LogP) is 5.95. The highest BCUT2D eigenvalue weighted by Gasteiger charge is 2.42. The van der Waals surface area contributed by atoms with Gasteiger partial charge in [0.05, 0.1) is 20.3 Å². The molecule has 0 saturated heterocycles. The van der Waals surface area contributed by atoms with Crippen molar-refractivity contribution in [3.8, 4) is 0 Å². The molecular weight excluding hydrogens is 335 g/mol. The minimum atomic E-state index is -2.00. The third kappa shape index (κ3) is 7.61. The van der Waals surface area contributed by atoms with E-state index in [1.54, 1.807) is 0 Å². The number of rotatable bonds is 10. The number of esters is 1. The van der Waals surface area contributed by atoms with E-state index in [2.05, 4.69) is 26.6 Å². The van der Waals surface area contributed by atoms with Gasteiger partial charge < -0.3 is 9.47 Å². The Morgan fingerprint density at radius 3 is 2.36 bits per heavy atom. The molecule has 1 aliphatic heterocycles. The van der Waals surface area contributed by atoms with Gasteiger partial charge in [-0.05, 0) is 25.5 Å². The van der Waals surface area contributed by atoms with Gasteiger partial charge in [-0.15, -0.1) is 0 Å². The molecule has 0 bridgehead atoms. The van der Waals surface area contributed by atoms with E-state index in [1.807, 2.05) is 13.8 Å². The summed E-state index contributed by atoms with van der Waals surface area (Å²) in [6.07, 6.45) is 7.00. The highest BCUT2D eigenvalue weighted by atomic mass is 28.3. The molecule has 0 aliphatic carbocycles. The Kier molecular flexibility index (Phi) is 9.36. The maximum absolute atomic E-state index is 14.8. The highest BCUT2D eigenvalue weighted by molar-refractivity contribution is 6.83. The fourth-order valence-corrected chi connectivity index (χ4v) is 5.24. The molecule has 1 heterocycles. The van der Waals surface area contributed by atoms with Crippen LogP contribution in [0, 0.1) is 0 Å². The number of halogens is 1. The first-order valence-electron chi connectivity index (χ1n) is 9.91. The molecule has 146 valence electrons. The highest BCUT2D eigenvalue weighted by Crippen LogP contribution is 2.35. The largest absolute Gasteiger partial charge is 0.461 e. The quantitative estimate of drug-likeness (QED) is 0.270. The van der Waals surface area contributed by atoms with Crippen LogP contribution in [0.25, 0.3) is 0 Å². The summed E-state index contributed by atoms with van der Waals surface area (Å²) in [6.45, 7) is 12.0. The number of carbonyl (C=O) groups is 1. The van der Waals surface area contributed by atoms with Crippen LogP contribution in [0.3, 0.4) is 0 Å². The summed E-state index contributed by atoms with van der Waals surface area (Å²) in [5.41, 5.74) is 0. The summed E-state index contributed by atoms with van der Waals surface area (Å²) in [6, 6.07) is 0. The van der Waals surface area contributed by atoms with Crippen molar-refractivity contribution < 1.29 is 18.7 Å². The van der Waals surface area contributed by atoms with Gasteiger partial charge in [0.25, 0.3) is 0 Å². The Morgan fingerprint density at radius 2 is 1.80 bits per heavy atom. The second kappa shape index (κ2) is 10.5. The molecule has 0 unspecified atom stereocenters. The first-order valence-corrected chi connectivity index (χ1v) is 13.4. The Labute approximate surface area is 154 Å². The lowest BCUT2D eigenvalue weighted by Crippen LogP contribution is -2.45. The average molecular weight is 373 g/mol. The van der Waals surface area contributed by atoms with E-state index in [0.717, 1.165) is 19.3 Å². The van der Waals surface area contributed by atoms with E-state index < -0.39 is 20.1 Å². The van der Waals surface area contributed by atoms with Crippen LogP contribution in [-0.2, 0) is 14.3 Å². The van der Waals surface area contributed by atoms with Gasteiger partial charge >= 0.3 is 5.97 Å². The van der Waals surface area contributed by atoms with Crippen molar-refractivity contribution in [1.29, 1.82) is 0 Å². The fourth-order valence-electron chi connectivity index (χ4n) is 3.35. The third-order valence-electron chi connectivity index (χ3n) is 4.54. The molecule has 3 nitrogen and oxygen atoms in total. The summed E-state index contributed by atoms with van der Waals surface area (Å²) in [4.78, 5) is 12.5. The van der Waals surface area contributed by atoms with Gasteiger partial charge in [0.2, 0.25) is 0 Å². The smallest absolute Gasteiger partial charge is 0.339 e. The Hall–Kier alpha value is -0.683. The maximum atomic E-state index is 14.8. The summed E-state index contributed by atoms with van der Waals surface area (Å²) < 4.78 is 26.2. The van der Waals surface area contributed by atoms with Gasteiger partial charge in [-0.25, -0.2) is 9.18 Å². The van der Waals surface area contributed by atoms with Crippen LogP contribution in [0.4, 0.5) is 4.39 Å². The summed E-state index contributed by atoms with van der Waals surface area (Å²) in [5, 5.41) is 0.581. The monoisotopic (exact) mass is 372 g/mol. The molecule has 5 heteroatoms. The summed E-state index contributed by atoms with van der Waals surface area (Å²) in [5.74, 6) is -0.567. The van der Waals surface area contributed by atoms with Crippen molar-refractivity contribution >= 4 is 14.0 Å². The first kappa shape index (κ1) is 22.4. The molecule has 0 N–H and O–H groups in total. The molecular formula is C20H37FO3Si. The molecule has 0 spiro atoms. The van der Waals surface area contributed by atoms with Crippen LogP contribution in [0.1, 0.15) is 72.1 Å². The third-order valence-corrected chi connectivity index (χ3v) is 6.69. The van der Waals surface area contributed by atoms with Crippen molar-refractivity contribution in [2.75, 3.05) is 0 Å². The van der Waals surface area contributed by atoms with E-state index >= 15 is 0 Å². The maximum Gasteiger partial charge on any atom is 0.339 e. The topological polar surface area (TPSA) is 35.5 Å². The lowest BCUT2D eigenvalue weighted by molar-refractivity contribution is -0.163. The van der Waals surface area contributed by atoms with Crippen molar-refractivity contribution in [1.82, 2.24) is 0 Å². The molecule has 0 aromatic carbocycles. The molecule has 0 aromatic rings. The van der Waals surface area contributed by atoms with E-state index in [1.165, 1.54) is 25.7 Å². The lowest BCUT2D eigenvalue weighted by Gasteiger charge is -2.36. The van der Waals surface area contributed by atoms with Gasteiger partial charge in [0, 0.05) is 6.42 Å². The average Bonchev–Trinajstić information content (AvgIpc) is 2.48. The number of carbonyl (C=O) groups excluding carboxylic acids is 1. The van der Waals surface area contributed by atoms with E-state index in [0.29, 0.717) is 11.6 Å². The molecule has 0 fully saturated rings. The molecule has 0 amide bonds. The summed E-state index contributed by atoms with van der Waals surface area (Å²) >= 11 is 0. The SMILES string of the molecule is CCCCCCCC[C@@H]1CC(F)=C([Si](C)(C)C)[C@@H](C(=O)OC(C)C)O1. The van der Waals surface area contributed by atoms with Gasteiger partial charge in [-0.2, -0.15) is 0 Å². The van der Waals surface area contributed by atoms with E-state index in [-0.39, 0.29) is 18.0 Å².